The molecule has 2 heterocycles. The molecule has 0 radical (unpaired) electrons. The summed E-state index contributed by atoms with van der Waals surface area (Å²) in [5, 5.41) is 3.56. The molecule has 2 aromatic rings. The van der Waals surface area contributed by atoms with Crippen molar-refractivity contribution in [2.75, 3.05) is 18.4 Å². The summed E-state index contributed by atoms with van der Waals surface area (Å²) in [5.41, 5.74) is 2.60. The second-order valence-electron chi connectivity index (χ2n) is 8.59. The number of amides is 3. The SMILES string of the molecule is O=C(c1ccc(Cl)cc1)[C@@H]1C[C@H]1C(=O)N1CCC(N2Cc3ccccc3NC2=O)CC1. The second kappa shape index (κ2) is 8.00. The van der Waals surface area contributed by atoms with E-state index < -0.39 is 0 Å². The van der Waals surface area contributed by atoms with Gasteiger partial charge in [-0.05, 0) is 55.2 Å². The van der Waals surface area contributed by atoms with Gasteiger partial charge in [0.2, 0.25) is 5.91 Å². The van der Waals surface area contributed by atoms with Gasteiger partial charge in [0.25, 0.3) is 0 Å². The maximum Gasteiger partial charge on any atom is 0.322 e. The maximum absolute atomic E-state index is 12.9. The van der Waals surface area contributed by atoms with E-state index in [2.05, 4.69) is 5.32 Å². The Morgan fingerprint density at radius 3 is 2.42 bits per heavy atom. The first-order valence-corrected chi connectivity index (χ1v) is 11.1. The summed E-state index contributed by atoms with van der Waals surface area (Å²) >= 11 is 5.89. The number of piperidine rings is 1. The molecule has 2 aliphatic heterocycles. The average molecular weight is 438 g/mol. The van der Waals surface area contributed by atoms with Crippen molar-refractivity contribution in [3.05, 3.63) is 64.7 Å². The summed E-state index contributed by atoms with van der Waals surface area (Å²) in [7, 11) is 0. The second-order valence-corrected chi connectivity index (χ2v) is 9.03. The minimum absolute atomic E-state index is 0.0218. The first-order chi connectivity index (χ1) is 15.0. The number of carbonyl (C=O) groups excluding carboxylic acids is 3. The normalized spacial score (nSPS) is 23.2. The Hall–Kier alpha value is -2.86. The molecule has 7 heteroatoms. The fourth-order valence-electron chi connectivity index (χ4n) is 4.74. The molecule has 0 unspecified atom stereocenters. The lowest BCUT2D eigenvalue weighted by Gasteiger charge is -2.40. The Balaban J connectivity index is 1.16. The molecule has 1 saturated heterocycles. The number of anilines is 1. The number of para-hydroxylation sites is 1. The van der Waals surface area contributed by atoms with E-state index in [9.17, 15) is 14.4 Å². The standard InChI is InChI=1S/C24H24ClN3O3/c25-17-7-5-15(6-8-17)22(29)19-13-20(19)23(30)27-11-9-18(10-12-27)28-14-16-3-1-2-4-21(16)26-24(28)31/h1-8,18-20H,9-14H2,(H,26,31)/t19-,20-/m1/s1. The Morgan fingerprint density at radius 2 is 1.68 bits per heavy atom. The molecule has 1 N–H and O–H groups in total. The average Bonchev–Trinajstić information content (AvgIpc) is 3.59. The molecule has 2 fully saturated rings. The molecular weight excluding hydrogens is 414 g/mol. The molecule has 3 amide bonds. The number of hydrogen-bond donors (Lipinski definition) is 1. The van der Waals surface area contributed by atoms with Crippen molar-refractivity contribution in [1.82, 2.24) is 9.80 Å². The van der Waals surface area contributed by atoms with Crippen LogP contribution in [0.5, 0.6) is 0 Å². The number of urea groups is 1. The molecule has 1 saturated carbocycles. The summed E-state index contributed by atoms with van der Waals surface area (Å²) in [6.45, 7) is 1.83. The summed E-state index contributed by atoms with van der Waals surface area (Å²) in [4.78, 5) is 41.9. The Kier molecular flexibility index (Phi) is 5.18. The van der Waals surface area contributed by atoms with Gasteiger partial charge in [0, 0.05) is 53.8 Å². The van der Waals surface area contributed by atoms with Crippen LogP contribution in [0.4, 0.5) is 10.5 Å². The molecule has 0 aromatic heterocycles. The number of halogens is 1. The number of likely N-dealkylation sites (tertiary alicyclic amines) is 1. The van der Waals surface area contributed by atoms with Crippen LogP contribution in [0.1, 0.15) is 35.2 Å². The van der Waals surface area contributed by atoms with Gasteiger partial charge in [-0.3, -0.25) is 9.59 Å². The number of nitrogens with one attached hydrogen (secondary N) is 1. The van der Waals surface area contributed by atoms with Crippen LogP contribution in [0.3, 0.4) is 0 Å². The topological polar surface area (TPSA) is 69.7 Å². The third-order valence-electron chi connectivity index (χ3n) is 6.65. The molecule has 3 aliphatic rings. The van der Waals surface area contributed by atoms with Gasteiger partial charge in [-0.15, -0.1) is 0 Å². The highest BCUT2D eigenvalue weighted by Crippen LogP contribution is 2.43. The molecule has 31 heavy (non-hydrogen) atoms. The van der Waals surface area contributed by atoms with Crippen LogP contribution in [0.2, 0.25) is 5.02 Å². The van der Waals surface area contributed by atoms with Gasteiger partial charge in [0.1, 0.15) is 0 Å². The van der Waals surface area contributed by atoms with Crippen LogP contribution in [0, 0.1) is 11.8 Å². The highest BCUT2D eigenvalue weighted by molar-refractivity contribution is 6.30. The lowest BCUT2D eigenvalue weighted by Crippen LogP contribution is -2.51. The van der Waals surface area contributed by atoms with Crippen LogP contribution < -0.4 is 5.32 Å². The van der Waals surface area contributed by atoms with E-state index in [1.807, 2.05) is 34.1 Å². The van der Waals surface area contributed by atoms with Gasteiger partial charge >= 0.3 is 6.03 Å². The molecule has 160 valence electrons. The highest BCUT2D eigenvalue weighted by atomic mass is 35.5. The third-order valence-corrected chi connectivity index (χ3v) is 6.90. The molecule has 2 atom stereocenters. The zero-order chi connectivity index (χ0) is 21.5. The van der Waals surface area contributed by atoms with Gasteiger partial charge in [0.15, 0.2) is 5.78 Å². The van der Waals surface area contributed by atoms with Gasteiger partial charge in [0.05, 0.1) is 0 Å². The van der Waals surface area contributed by atoms with E-state index in [0.717, 1.165) is 24.1 Å². The fourth-order valence-corrected chi connectivity index (χ4v) is 4.86. The first kappa shape index (κ1) is 20.1. The van der Waals surface area contributed by atoms with Crippen LogP contribution in [-0.2, 0) is 11.3 Å². The summed E-state index contributed by atoms with van der Waals surface area (Å²) in [5.74, 6) is -0.353. The van der Waals surface area contributed by atoms with Crippen molar-refractivity contribution in [3.8, 4) is 0 Å². The Bertz CT molecular complexity index is 1030. The maximum atomic E-state index is 12.9. The highest BCUT2D eigenvalue weighted by Gasteiger charge is 2.50. The van der Waals surface area contributed by atoms with E-state index in [1.54, 1.807) is 24.3 Å². The molecule has 2 aromatic carbocycles. The number of carbonyl (C=O) groups is 3. The van der Waals surface area contributed by atoms with E-state index in [-0.39, 0.29) is 35.6 Å². The fraction of sp³-hybridized carbons (Fsp3) is 0.375. The van der Waals surface area contributed by atoms with Gasteiger partial charge in [-0.1, -0.05) is 29.8 Å². The number of rotatable bonds is 4. The minimum atomic E-state index is -0.226. The van der Waals surface area contributed by atoms with Gasteiger partial charge in [-0.25, -0.2) is 4.79 Å². The summed E-state index contributed by atoms with van der Waals surface area (Å²) in [6, 6.07) is 14.7. The quantitative estimate of drug-likeness (QED) is 0.729. The van der Waals surface area contributed by atoms with Crippen molar-refractivity contribution in [3.63, 3.8) is 0 Å². The number of Topliss-reactive ketones (excluding diaryl/α,β-unsaturated/α-hetero) is 1. The Labute approximate surface area is 186 Å². The third kappa shape index (κ3) is 3.92. The smallest absolute Gasteiger partial charge is 0.322 e. The zero-order valence-corrected chi connectivity index (χ0v) is 17.8. The van der Waals surface area contributed by atoms with Crippen molar-refractivity contribution < 1.29 is 14.4 Å². The largest absolute Gasteiger partial charge is 0.342 e. The number of ketones is 1. The molecule has 0 bridgehead atoms. The van der Waals surface area contributed by atoms with Crippen LogP contribution >= 0.6 is 11.6 Å². The summed E-state index contributed by atoms with van der Waals surface area (Å²) < 4.78 is 0. The van der Waals surface area contributed by atoms with Gasteiger partial charge in [-0.2, -0.15) is 0 Å². The minimum Gasteiger partial charge on any atom is -0.342 e. The molecule has 1 aliphatic carbocycles. The first-order valence-electron chi connectivity index (χ1n) is 10.8. The molecule has 0 spiro atoms. The molecule has 5 rings (SSSR count). The van der Waals surface area contributed by atoms with Gasteiger partial charge < -0.3 is 15.1 Å². The van der Waals surface area contributed by atoms with Crippen molar-refractivity contribution in [2.24, 2.45) is 11.8 Å². The van der Waals surface area contributed by atoms with E-state index >= 15 is 0 Å². The molecule has 6 nitrogen and oxygen atoms in total. The summed E-state index contributed by atoms with van der Waals surface area (Å²) in [6.07, 6.45) is 2.12. The number of hydrogen-bond acceptors (Lipinski definition) is 3. The van der Waals surface area contributed by atoms with Crippen LogP contribution in [-0.4, -0.2) is 46.7 Å². The number of fused-ring (bicyclic) bond motifs is 1. The van der Waals surface area contributed by atoms with Crippen molar-refractivity contribution in [2.45, 2.75) is 31.8 Å². The van der Waals surface area contributed by atoms with E-state index in [0.29, 0.717) is 36.6 Å². The number of benzene rings is 2. The van der Waals surface area contributed by atoms with E-state index in [4.69, 9.17) is 11.6 Å². The van der Waals surface area contributed by atoms with Crippen molar-refractivity contribution in [1.29, 1.82) is 0 Å². The van der Waals surface area contributed by atoms with E-state index in [1.165, 1.54) is 0 Å². The monoisotopic (exact) mass is 437 g/mol. The van der Waals surface area contributed by atoms with Crippen molar-refractivity contribution >= 4 is 35.0 Å². The predicted molar refractivity (Wildman–Crippen MR) is 118 cm³/mol. The zero-order valence-electron chi connectivity index (χ0n) is 17.1. The van der Waals surface area contributed by atoms with Crippen LogP contribution in [0.25, 0.3) is 0 Å². The Morgan fingerprint density at radius 1 is 0.968 bits per heavy atom. The number of nitrogens with zero attached hydrogens (tertiary/aromatic N) is 2. The molecular formula is C24H24ClN3O3. The lowest BCUT2D eigenvalue weighted by atomic mass is 10.00. The van der Waals surface area contributed by atoms with Crippen LogP contribution in [0.15, 0.2) is 48.5 Å². The predicted octanol–water partition coefficient (Wildman–Crippen LogP) is 4.20. The lowest BCUT2D eigenvalue weighted by molar-refractivity contribution is -0.134.